The molecule has 0 amide bonds. The van der Waals surface area contributed by atoms with E-state index in [1.165, 1.54) is 44.9 Å². The molecule has 0 aliphatic carbocycles. The number of rotatable bonds is 10. The number of hydrogen-bond acceptors (Lipinski definition) is 0. The molecule has 0 heteroatoms. The van der Waals surface area contributed by atoms with Crippen molar-refractivity contribution >= 4 is 0 Å². The van der Waals surface area contributed by atoms with Gasteiger partial charge < -0.3 is 0 Å². The highest BCUT2D eigenvalue weighted by Crippen LogP contribution is 2.28. The molecule has 17 heavy (non-hydrogen) atoms. The van der Waals surface area contributed by atoms with Crippen LogP contribution in [0.1, 0.15) is 86.5 Å². The molecule has 0 fully saturated rings. The van der Waals surface area contributed by atoms with E-state index >= 15 is 0 Å². The van der Waals surface area contributed by atoms with Crippen LogP contribution in [0.4, 0.5) is 0 Å². The van der Waals surface area contributed by atoms with Crippen molar-refractivity contribution < 1.29 is 0 Å². The summed E-state index contributed by atoms with van der Waals surface area (Å²) in [6, 6.07) is 0. The summed E-state index contributed by atoms with van der Waals surface area (Å²) in [7, 11) is 0. The van der Waals surface area contributed by atoms with Crippen LogP contribution in [-0.4, -0.2) is 0 Å². The van der Waals surface area contributed by atoms with Gasteiger partial charge in [-0.2, -0.15) is 0 Å². The van der Waals surface area contributed by atoms with Crippen molar-refractivity contribution in [3.63, 3.8) is 0 Å². The fourth-order valence-corrected chi connectivity index (χ4v) is 2.79. The first-order chi connectivity index (χ1) is 8.01. The number of hydrogen-bond donors (Lipinski definition) is 0. The molecule has 0 aliphatic heterocycles. The quantitative estimate of drug-likeness (QED) is 0.420. The maximum absolute atomic E-state index is 2.47. The van der Waals surface area contributed by atoms with Gasteiger partial charge in [-0.25, -0.2) is 0 Å². The molecule has 0 nitrogen and oxygen atoms in total. The van der Waals surface area contributed by atoms with Crippen LogP contribution in [0.2, 0.25) is 0 Å². The highest BCUT2D eigenvalue weighted by atomic mass is 14.2. The smallest absolute Gasteiger partial charge is 0.0414 e. The van der Waals surface area contributed by atoms with Gasteiger partial charge in [-0.15, -0.1) is 0 Å². The Morgan fingerprint density at radius 2 is 1.41 bits per heavy atom. The van der Waals surface area contributed by atoms with E-state index in [2.05, 4.69) is 41.5 Å². The van der Waals surface area contributed by atoms with Crippen molar-refractivity contribution in [1.29, 1.82) is 0 Å². The molecule has 0 aromatic carbocycles. The Balaban J connectivity index is 3.82. The van der Waals surface area contributed by atoms with E-state index in [1.807, 2.05) is 0 Å². The minimum Gasteiger partial charge on any atom is -0.0654 e. The first kappa shape index (κ1) is 17.0. The van der Waals surface area contributed by atoms with Gasteiger partial charge in [-0.3, -0.25) is 0 Å². The summed E-state index contributed by atoms with van der Waals surface area (Å²) in [5, 5.41) is 0. The predicted octanol–water partition coefficient (Wildman–Crippen LogP) is 6.30. The molecule has 0 aliphatic rings. The predicted molar refractivity (Wildman–Crippen MR) is 80.3 cm³/mol. The van der Waals surface area contributed by atoms with Crippen LogP contribution in [-0.2, 0) is 0 Å². The molecular weight excluding hydrogens is 204 g/mol. The van der Waals surface area contributed by atoms with Crippen molar-refractivity contribution in [3.05, 3.63) is 0 Å². The second-order valence-electron chi connectivity index (χ2n) is 6.58. The fourth-order valence-electron chi connectivity index (χ4n) is 2.79. The zero-order chi connectivity index (χ0) is 13.3. The lowest BCUT2D eigenvalue weighted by molar-refractivity contribution is 0.268. The molecule has 0 spiro atoms. The van der Waals surface area contributed by atoms with E-state index in [9.17, 15) is 0 Å². The Morgan fingerprint density at radius 1 is 0.765 bits per heavy atom. The average molecular weight is 240 g/mol. The maximum atomic E-state index is 2.47. The first-order valence-corrected chi connectivity index (χ1v) is 8.01. The largest absolute Gasteiger partial charge is 0.0654 e. The molecule has 0 bridgehead atoms. The maximum Gasteiger partial charge on any atom is -0.0414 e. The zero-order valence-corrected chi connectivity index (χ0v) is 13.3. The normalized spacial score (nSPS) is 17.1. The third kappa shape index (κ3) is 8.69. The van der Waals surface area contributed by atoms with Crippen molar-refractivity contribution in [3.8, 4) is 0 Å². The van der Waals surface area contributed by atoms with Gasteiger partial charge in [-0.05, 0) is 30.1 Å². The Bertz CT molecular complexity index is 159. The molecule has 0 radical (unpaired) electrons. The van der Waals surface area contributed by atoms with Crippen LogP contribution in [0.25, 0.3) is 0 Å². The third-order valence-electron chi connectivity index (χ3n) is 4.39. The molecule has 3 atom stereocenters. The molecule has 0 rings (SSSR count). The van der Waals surface area contributed by atoms with Gasteiger partial charge in [0, 0.05) is 0 Å². The van der Waals surface area contributed by atoms with E-state index < -0.39 is 0 Å². The molecular formula is C17H36. The fraction of sp³-hybridized carbons (Fsp3) is 1.00. The van der Waals surface area contributed by atoms with Crippen LogP contribution in [0.3, 0.4) is 0 Å². The van der Waals surface area contributed by atoms with Crippen LogP contribution >= 0.6 is 0 Å². The van der Waals surface area contributed by atoms with Crippen molar-refractivity contribution in [2.75, 3.05) is 0 Å². The average Bonchev–Trinajstić information content (AvgIpc) is 2.27. The Morgan fingerprint density at radius 3 is 1.88 bits per heavy atom. The van der Waals surface area contributed by atoms with Crippen molar-refractivity contribution in [2.24, 2.45) is 23.7 Å². The molecule has 3 unspecified atom stereocenters. The van der Waals surface area contributed by atoms with Gasteiger partial charge in [0.25, 0.3) is 0 Å². The molecule has 0 aromatic heterocycles. The Hall–Kier alpha value is 0. The summed E-state index contributed by atoms with van der Waals surface area (Å²) < 4.78 is 0. The monoisotopic (exact) mass is 240 g/mol. The van der Waals surface area contributed by atoms with Crippen LogP contribution in [0.15, 0.2) is 0 Å². The van der Waals surface area contributed by atoms with E-state index in [1.54, 1.807) is 0 Å². The zero-order valence-electron chi connectivity index (χ0n) is 13.3. The summed E-state index contributed by atoms with van der Waals surface area (Å²) in [5.41, 5.74) is 0. The summed E-state index contributed by atoms with van der Waals surface area (Å²) in [4.78, 5) is 0. The van der Waals surface area contributed by atoms with E-state index in [0.717, 1.165) is 23.7 Å². The highest BCUT2D eigenvalue weighted by molar-refractivity contribution is 4.68. The van der Waals surface area contributed by atoms with E-state index in [0.29, 0.717) is 0 Å². The molecule has 0 heterocycles. The summed E-state index contributed by atoms with van der Waals surface area (Å²) in [6.07, 6.45) is 9.87. The Kier molecular flexibility index (Phi) is 9.97. The topological polar surface area (TPSA) is 0 Å². The first-order valence-electron chi connectivity index (χ1n) is 8.01. The lowest BCUT2D eigenvalue weighted by atomic mass is 9.81. The third-order valence-corrected chi connectivity index (χ3v) is 4.39. The minimum absolute atomic E-state index is 0.876. The van der Waals surface area contributed by atoms with Gasteiger partial charge in [0.1, 0.15) is 0 Å². The molecule has 0 saturated carbocycles. The van der Waals surface area contributed by atoms with Gasteiger partial charge >= 0.3 is 0 Å². The minimum atomic E-state index is 0.876. The van der Waals surface area contributed by atoms with E-state index in [-0.39, 0.29) is 0 Å². The van der Waals surface area contributed by atoms with Crippen LogP contribution in [0.5, 0.6) is 0 Å². The highest BCUT2D eigenvalue weighted by Gasteiger charge is 2.16. The van der Waals surface area contributed by atoms with Crippen molar-refractivity contribution in [2.45, 2.75) is 86.5 Å². The lowest BCUT2D eigenvalue weighted by Crippen LogP contribution is -2.13. The summed E-state index contributed by atoms with van der Waals surface area (Å²) in [6.45, 7) is 14.3. The Labute approximate surface area is 111 Å². The SMILES string of the molecule is CCCC(CC)CC(C)C(C)CCCC(C)C. The molecule has 0 aromatic rings. The van der Waals surface area contributed by atoms with Gasteiger partial charge in [-0.1, -0.05) is 80.1 Å². The summed E-state index contributed by atoms with van der Waals surface area (Å²) >= 11 is 0. The van der Waals surface area contributed by atoms with Crippen molar-refractivity contribution in [1.82, 2.24) is 0 Å². The summed E-state index contributed by atoms with van der Waals surface area (Å²) in [5.74, 6) is 3.68. The lowest BCUT2D eigenvalue weighted by Gasteiger charge is -2.24. The van der Waals surface area contributed by atoms with Gasteiger partial charge in [0.05, 0.1) is 0 Å². The molecule has 104 valence electrons. The second kappa shape index (κ2) is 9.97. The van der Waals surface area contributed by atoms with E-state index in [4.69, 9.17) is 0 Å². The second-order valence-corrected chi connectivity index (χ2v) is 6.58. The van der Waals surface area contributed by atoms with Crippen LogP contribution < -0.4 is 0 Å². The van der Waals surface area contributed by atoms with Gasteiger partial charge in [0.2, 0.25) is 0 Å². The van der Waals surface area contributed by atoms with Crippen LogP contribution in [0, 0.1) is 23.7 Å². The molecule has 0 N–H and O–H groups in total. The molecule has 0 saturated heterocycles. The van der Waals surface area contributed by atoms with Gasteiger partial charge in [0.15, 0.2) is 0 Å². The standard InChI is InChI=1S/C17H36/c1-7-10-17(8-2)13-16(6)15(5)12-9-11-14(3)4/h14-17H,7-13H2,1-6H3.